The summed E-state index contributed by atoms with van der Waals surface area (Å²) >= 11 is 1.53. The third kappa shape index (κ3) is 3.87. The summed E-state index contributed by atoms with van der Waals surface area (Å²) in [5, 5.41) is 10.2. The summed E-state index contributed by atoms with van der Waals surface area (Å²) < 4.78 is 7.04. The Labute approximate surface area is 167 Å². The molecule has 2 aromatic heterocycles. The average Bonchev–Trinajstić information content (AvgIpc) is 3.28. The highest BCUT2D eigenvalue weighted by atomic mass is 32.1. The Morgan fingerprint density at radius 2 is 2.18 bits per heavy atom. The number of fused-ring (bicyclic) bond motifs is 1. The molecule has 3 heterocycles. The van der Waals surface area contributed by atoms with Crippen LogP contribution in [0, 0.1) is 0 Å². The van der Waals surface area contributed by atoms with E-state index in [9.17, 15) is 4.79 Å². The van der Waals surface area contributed by atoms with Crippen LogP contribution in [0.5, 0.6) is 0 Å². The minimum Gasteiger partial charge on any atom is -0.443 e. The van der Waals surface area contributed by atoms with E-state index in [1.165, 1.54) is 15.9 Å². The van der Waals surface area contributed by atoms with Gasteiger partial charge in [0.2, 0.25) is 0 Å². The molecular formula is C20H23N5O2S. The second-order valence-electron chi connectivity index (χ2n) is 7.58. The number of carbonyl (C=O) groups excluding carboxylic acids is 1. The summed E-state index contributed by atoms with van der Waals surface area (Å²) in [5.41, 5.74) is 2.09. The molecule has 2 N–H and O–H groups in total. The molecule has 8 heteroatoms. The number of rotatable bonds is 2. The molecule has 1 aliphatic heterocycles. The summed E-state index contributed by atoms with van der Waals surface area (Å²) in [6, 6.07) is 7.78. The molecule has 1 aromatic carbocycles. The van der Waals surface area contributed by atoms with Gasteiger partial charge in [-0.1, -0.05) is 12.1 Å². The lowest BCUT2D eigenvalue weighted by Crippen LogP contribution is -2.35. The number of ether oxygens (including phenoxy) is 1. The maximum absolute atomic E-state index is 12.5. The fraction of sp³-hybridized carbons (Fsp3) is 0.350. The van der Waals surface area contributed by atoms with E-state index in [2.05, 4.69) is 15.6 Å². The molecule has 0 radical (unpaired) electrons. The van der Waals surface area contributed by atoms with Crippen molar-refractivity contribution in [2.75, 3.05) is 18.4 Å². The molecule has 0 amide bonds. The Kier molecular flexibility index (Phi) is 4.80. The van der Waals surface area contributed by atoms with Gasteiger partial charge in [0.25, 0.3) is 0 Å². The summed E-state index contributed by atoms with van der Waals surface area (Å²) in [5.74, 6) is 0.765. The Morgan fingerprint density at radius 1 is 1.32 bits per heavy atom. The predicted octanol–water partition coefficient (Wildman–Crippen LogP) is 4.31. The molecule has 4 rings (SSSR count). The maximum Gasteiger partial charge on any atom is 0.418 e. The second-order valence-corrected chi connectivity index (χ2v) is 8.44. The second kappa shape index (κ2) is 7.27. The van der Waals surface area contributed by atoms with E-state index in [4.69, 9.17) is 9.72 Å². The quantitative estimate of drug-likeness (QED) is 0.673. The topological polar surface area (TPSA) is 80.5 Å². The van der Waals surface area contributed by atoms with Crippen molar-refractivity contribution < 1.29 is 9.53 Å². The van der Waals surface area contributed by atoms with E-state index in [0.717, 1.165) is 52.8 Å². The zero-order chi connectivity index (χ0) is 19.7. The van der Waals surface area contributed by atoms with Crippen molar-refractivity contribution in [3.05, 3.63) is 35.8 Å². The van der Waals surface area contributed by atoms with Crippen LogP contribution < -0.4 is 10.6 Å². The molecule has 0 atom stereocenters. The molecule has 146 valence electrons. The molecule has 0 fully saturated rings. The van der Waals surface area contributed by atoms with Gasteiger partial charge in [-0.25, -0.2) is 9.78 Å². The molecule has 28 heavy (non-hydrogen) atoms. The number of hydrogen-bond acceptors (Lipinski definition) is 7. The van der Waals surface area contributed by atoms with Crippen molar-refractivity contribution in [1.82, 2.24) is 14.9 Å². The highest BCUT2D eigenvalue weighted by Gasteiger charge is 2.20. The summed E-state index contributed by atoms with van der Waals surface area (Å²) in [7, 11) is 0. The minimum absolute atomic E-state index is 0.387. The number of guanidine groups is 1. The first-order valence-corrected chi connectivity index (χ1v) is 10.1. The number of benzene rings is 1. The number of aliphatic imine (C=N–C) groups is 1. The standard InChI is InChI=1S/C20H23N5O2S/c1-20(2,3)27-19(26)25-11-8-14-13(6-4-7-16(14)25)15-12-28-18(23-15)24-17-21-9-5-10-22-17/h4,6-8,11-12H,5,9-10H2,1-3H3,(H2,21,22,23,24). The molecule has 0 aliphatic carbocycles. The molecule has 0 unspecified atom stereocenters. The normalized spacial score (nSPS) is 14.5. The van der Waals surface area contributed by atoms with Crippen molar-refractivity contribution >= 4 is 39.4 Å². The van der Waals surface area contributed by atoms with Gasteiger partial charge in [-0.15, -0.1) is 11.3 Å². The van der Waals surface area contributed by atoms with Crippen molar-refractivity contribution in [3.63, 3.8) is 0 Å². The number of anilines is 1. The van der Waals surface area contributed by atoms with Crippen LogP contribution in [0.3, 0.4) is 0 Å². The van der Waals surface area contributed by atoms with Crippen molar-refractivity contribution in [3.8, 4) is 11.3 Å². The third-order valence-electron chi connectivity index (χ3n) is 4.23. The van der Waals surface area contributed by atoms with Gasteiger partial charge in [-0.2, -0.15) is 0 Å². The molecule has 3 aromatic rings. The largest absolute Gasteiger partial charge is 0.443 e. The van der Waals surface area contributed by atoms with Crippen molar-refractivity contribution in [2.45, 2.75) is 32.8 Å². The number of aromatic nitrogens is 2. The van der Waals surface area contributed by atoms with Crippen LogP contribution >= 0.6 is 11.3 Å². The fourth-order valence-corrected chi connectivity index (χ4v) is 3.74. The van der Waals surface area contributed by atoms with Crippen molar-refractivity contribution in [1.29, 1.82) is 0 Å². The highest BCUT2D eigenvalue weighted by molar-refractivity contribution is 7.14. The van der Waals surface area contributed by atoms with Gasteiger partial charge in [0.1, 0.15) is 5.60 Å². The van der Waals surface area contributed by atoms with Gasteiger partial charge in [0.05, 0.1) is 11.2 Å². The van der Waals surface area contributed by atoms with Crippen LogP contribution in [-0.4, -0.2) is 40.3 Å². The Bertz CT molecular complexity index is 1040. The number of thiazole rings is 1. The zero-order valence-corrected chi connectivity index (χ0v) is 17.0. The lowest BCUT2D eigenvalue weighted by atomic mass is 10.1. The molecular weight excluding hydrogens is 374 g/mol. The molecule has 0 saturated carbocycles. The first-order valence-electron chi connectivity index (χ1n) is 9.25. The van der Waals surface area contributed by atoms with Crippen LogP contribution in [0.25, 0.3) is 22.2 Å². The maximum atomic E-state index is 12.5. The van der Waals surface area contributed by atoms with Gasteiger partial charge in [0.15, 0.2) is 11.1 Å². The number of carbonyl (C=O) groups is 1. The third-order valence-corrected chi connectivity index (χ3v) is 4.98. The number of nitrogens with one attached hydrogen (secondary N) is 2. The van der Waals surface area contributed by atoms with Gasteiger partial charge >= 0.3 is 6.09 Å². The number of nitrogens with zero attached hydrogens (tertiary/aromatic N) is 3. The van der Waals surface area contributed by atoms with E-state index in [1.807, 2.05) is 50.4 Å². The van der Waals surface area contributed by atoms with Gasteiger partial charge < -0.3 is 15.4 Å². The summed E-state index contributed by atoms with van der Waals surface area (Å²) in [4.78, 5) is 21.6. The van der Waals surface area contributed by atoms with Gasteiger partial charge in [-0.05, 0) is 39.3 Å². The molecule has 7 nitrogen and oxygen atoms in total. The smallest absolute Gasteiger partial charge is 0.418 e. The van der Waals surface area contributed by atoms with Crippen LogP contribution in [0.15, 0.2) is 40.8 Å². The summed E-state index contributed by atoms with van der Waals surface area (Å²) in [6.45, 7) is 7.32. The van der Waals surface area contributed by atoms with E-state index in [1.54, 1.807) is 6.20 Å². The molecule has 0 saturated heterocycles. The van der Waals surface area contributed by atoms with Gasteiger partial charge in [0, 0.05) is 35.6 Å². The lowest BCUT2D eigenvalue weighted by Gasteiger charge is -2.19. The van der Waals surface area contributed by atoms with E-state index >= 15 is 0 Å². The minimum atomic E-state index is -0.545. The average molecular weight is 398 g/mol. The van der Waals surface area contributed by atoms with Crippen molar-refractivity contribution in [2.24, 2.45) is 4.99 Å². The highest BCUT2D eigenvalue weighted by Crippen LogP contribution is 2.32. The molecule has 0 bridgehead atoms. The van der Waals surface area contributed by atoms with Crippen LogP contribution in [0.4, 0.5) is 9.93 Å². The van der Waals surface area contributed by atoms with Gasteiger partial charge in [-0.3, -0.25) is 9.56 Å². The van der Waals surface area contributed by atoms with E-state index < -0.39 is 5.60 Å². The lowest BCUT2D eigenvalue weighted by molar-refractivity contribution is 0.0544. The summed E-state index contributed by atoms with van der Waals surface area (Å²) in [6.07, 6.45) is 2.40. The first-order chi connectivity index (χ1) is 13.4. The predicted molar refractivity (Wildman–Crippen MR) is 113 cm³/mol. The van der Waals surface area contributed by atoms with Crippen LogP contribution in [0.1, 0.15) is 27.2 Å². The monoisotopic (exact) mass is 397 g/mol. The Balaban J connectivity index is 1.63. The van der Waals surface area contributed by atoms with E-state index in [-0.39, 0.29) is 6.09 Å². The Morgan fingerprint density at radius 3 is 2.93 bits per heavy atom. The number of hydrogen-bond donors (Lipinski definition) is 2. The SMILES string of the molecule is CC(C)(C)OC(=O)n1ccc2c(-c3csc(NC4=NCCCN4)n3)cccc21. The fourth-order valence-electron chi connectivity index (χ4n) is 3.03. The zero-order valence-electron chi connectivity index (χ0n) is 16.2. The van der Waals surface area contributed by atoms with Crippen LogP contribution in [0.2, 0.25) is 0 Å². The Hall–Kier alpha value is -2.87. The first kappa shape index (κ1) is 18.5. The van der Waals surface area contributed by atoms with E-state index in [0.29, 0.717) is 0 Å². The molecule has 0 spiro atoms. The van der Waals surface area contributed by atoms with Crippen LogP contribution in [-0.2, 0) is 4.74 Å². The molecule has 1 aliphatic rings.